The van der Waals surface area contributed by atoms with Gasteiger partial charge >= 0.3 is 0 Å². The lowest BCUT2D eigenvalue weighted by Gasteiger charge is -2.14. The molecule has 1 aliphatic rings. The van der Waals surface area contributed by atoms with Gasteiger partial charge in [-0.1, -0.05) is 26.0 Å². The summed E-state index contributed by atoms with van der Waals surface area (Å²) in [6, 6.07) is 9.59. The van der Waals surface area contributed by atoms with Gasteiger partial charge in [0, 0.05) is 25.8 Å². The number of nitrogens with zero attached hydrogens (tertiary/aromatic N) is 1. The summed E-state index contributed by atoms with van der Waals surface area (Å²) < 4.78 is 0. The zero-order valence-corrected chi connectivity index (χ0v) is 11.7. The van der Waals surface area contributed by atoms with Crippen LogP contribution in [0, 0.1) is 0 Å². The van der Waals surface area contributed by atoms with Crippen molar-refractivity contribution in [3.63, 3.8) is 0 Å². The fourth-order valence-electron chi connectivity index (χ4n) is 2.15. The summed E-state index contributed by atoms with van der Waals surface area (Å²) in [6.45, 7) is 5.19. The lowest BCUT2D eigenvalue weighted by molar-refractivity contribution is 0.603. The van der Waals surface area contributed by atoms with E-state index in [-0.39, 0.29) is 0 Å². The Morgan fingerprint density at radius 2 is 1.82 bits per heavy atom. The second-order valence-electron chi connectivity index (χ2n) is 4.56. The molecule has 17 heavy (non-hydrogen) atoms. The number of hydrogen-bond acceptors (Lipinski definition) is 2. The molecule has 0 saturated carbocycles. The Hall–Kier alpha value is -1.02. The van der Waals surface area contributed by atoms with Crippen LogP contribution in [0.15, 0.2) is 24.3 Å². The van der Waals surface area contributed by atoms with Crippen molar-refractivity contribution in [3.8, 4) is 0 Å². The van der Waals surface area contributed by atoms with Gasteiger partial charge in [0.1, 0.15) is 0 Å². The lowest BCUT2D eigenvalue weighted by atomic mass is 10.0. The first-order chi connectivity index (χ1) is 8.25. The van der Waals surface area contributed by atoms with Gasteiger partial charge in [0.2, 0.25) is 0 Å². The van der Waals surface area contributed by atoms with Crippen molar-refractivity contribution in [3.05, 3.63) is 29.8 Å². The van der Waals surface area contributed by atoms with Gasteiger partial charge in [0.05, 0.1) is 0 Å². The van der Waals surface area contributed by atoms with Crippen molar-refractivity contribution < 1.29 is 0 Å². The van der Waals surface area contributed by atoms with Crippen LogP contribution in [-0.2, 0) is 6.42 Å². The summed E-state index contributed by atoms with van der Waals surface area (Å²) in [5.74, 6) is 0. The largest absolute Gasteiger partial charge is 0.378 e. The third-order valence-electron chi connectivity index (χ3n) is 3.10. The van der Waals surface area contributed by atoms with Gasteiger partial charge in [-0.05, 0) is 43.5 Å². The summed E-state index contributed by atoms with van der Waals surface area (Å²) in [7, 11) is 4.15. The molecule has 0 radical (unpaired) electrons. The Labute approximate surface area is 106 Å². The third-order valence-corrected chi connectivity index (χ3v) is 3.10. The zero-order chi connectivity index (χ0) is 12.7. The van der Waals surface area contributed by atoms with E-state index in [1.165, 1.54) is 37.1 Å². The molecule has 1 heterocycles. The predicted molar refractivity (Wildman–Crippen MR) is 76.8 cm³/mol. The summed E-state index contributed by atoms with van der Waals surface area (Å²) >= 11 is 0. The molecule has 2 rings (SSSR count). The topological polar surface area (TPSA) is 15.3 Å². The average Bonchev–Trinajstić information content (AvgIpc) is 2.85. The van der Waals surface area contributed by atoms with E-state index in [1.807, 2.05) is 13.8 Å². The SMILES string of the molecule is CC.CN(C)c1ccc(C[C@@H]2CCCN2)cc1. The highest BCUT2D eigenvalue weighted by Gasteiger charge is 2.13. The van der Waals surface area contributed by atoms with Gasteiger partial charge in [-0.15, -0.1) is 0 Å². The Bertz CT molecular complexity index is 297. The first-order valence-corrected chi connectivity index (χ1v) is 6.75. The molecule has 1 atom stereocenters. The average molecular weight is 234 g/mol. The van der Waals surface area contributed by atoms with Crippen molar-refractivity contribution in [2.24, 2.45) is 0 Å². The molecule has 1 N–H and O–H groups in total. The second kappa shape index (κ2) is 7.33. The maximum Gasteiger partial charge on any atom is 0.0361 e. The van der Waals surface area contributed by atoms with Gasteiger partial charge in [-0.25, -0.2) is 0 Å². The van der Waals surface area contributed by atoms with E-state index in [0.717, 1.165) is 0 Å². The highest BCUT2D eigenvalue weighted by molar-refractivity contribution is 5.46. The first-order valence-electron chi connectivity index (χ1n) is 6.75. The van der Waals surface area contributed by atoms with Crippen LogP contribution in [0.1, 0.15) is 32.3 Å². The molecule has 2 nitrogen and oxygen atoms in total. The lowest BCUT2D eigenvalue weighted by Crippen LogP contribution is -2.23. The molecular formula is C15H26N2. The number of nitrogens with one attached hydrogen (secondary N) is 1. The van der Waals surface area contributed by atoms with Gasteiger partial charge < -0.3 is 10.2 Å². The van der Waals surface area contributed by atoms with Gasteiger partial charge in [0.25, 0.3) is 0 Å². The minimum absolute atomic E-state index is 0.704. The van der Waals surface area contributed by atoms with Crippen LogP contribution in [0.5, 0.6) is 0 Å². The van der Waals surface area contributed by atoms with Crippen LogP contribution < -0.4 is 10.2 Å². The normalized spacial score (nSPS) is 18.5. The highest BCUT2D eigenvalue weighted by Crippen LogP contribution is 2.16. The van der Waals surface area contributed by atoms with Crippen molar-refractivity contribution in [2.75, 3.05) is 25.5 Å². The summed E-state index contributed by atoms with van der Waals surface area (Å²) in [5, 5.41) is 3.53. The van der Waals surface area contributed by atoms with Gasteiger partial charge in [-0.3, -0.25) is 0 Å². The molecule has 1 saturated heterocycles. The fourth-order valence-corrected chi connectivity index (χ4v) is 2.15. The molecule has 0 bridgehead atoms. The molecule has 0 aliphatic carbocycles. The summed E-state index contributed by atoms with van der Waals surface area (Å²) in [4.78, 5) is 2.14. The van der Waals surface area contributed by atoms with Crippen LogP contribution >= 0.6 is 0 Å². The molecule has 0 unspecified atom stereocenters. The first kappa shape index (κ1) is 14.0. The molecular weight excluding hydrogens is 208 g/mol. The van der Waals surface area contributed by atoms with Crippen LogP contribution in [0.2, 0.25) is 0 Å². The van der Waals surface area contributed by atoms with E-state index < -0.39 is 0 Å². The van der Waals surface area contributed by atoms with Crippen molar-refractivity contribution in [1.82, 2.24) is 5.32 Å². The van der Waals surface area contributed by atoms with E-state index >= 15 is 0 Å². The maximum absolute atomic E-state index is 3.53. The fraction of sp³-hybridized carbons (Fsp3) is 0.600. The Morgan fingerprint density at radius 1 is 1.18 bits per heavy atom. The minimum Gasteiger partial charge on any atom is -0.378 e. The molecule has 1 aromatic rings. The minimum atomic E-state index is 0.704. The Morgan fingerprint density at radius 3 is 2.29 bits per heavy atom. The van der Waals surface area contributed by atoms with Crippen molar-refractivity contribution >= 4 is 5.69 Å². The standard InChI is InChI=1S/C13H20N2.C2H6/c1-15(2)13-7-5-11(6-8-13)10-12-4-3-9-14-12;1-2/h5-8,12,14H,3-4,9-10H2,1-2H3;1-2H3/t12-;/m0./s1. The highest BCUT2D eigenvalue weighted by atomic mass is 15.1. The van der Waals surface area contributed by atoms with Crippen molar-refractivity contribution in [1.29, 1.82) is 0 Å². The smallest absolute Gasteiger partial charge is 0.0361 e. The number of hydrogen-bond donors (Lipinski definition) is 1. The molecule has 0 spiro atoms. The van der Waals surface area contributed by atoms with E-state index in [1.54, 1.807) is 0 Å². The van der Waals surface area contributed by atoms with E-state index in [2.05, 4.69) is 48.6 Å². The molecule has 0 aromatic heterocycles. The Kier molecular flexibility index (Phi) is 6.06. The molecule has 1 aromatic carbocycles. The number of rotatable bonds is 3. The van der Waals surface area contributed by atoms with Crippen LogP contribution in [0.25, 0.3) is 0 Å². The van der Waals surface area contributed by atoms with Crippen LogP contribution in [0.3, 0.4) is 0 Å². The predicted octanol–water partition coefficient (Wildman–Crippen LogP) is 3.07. The Balaban J connectivity index is 0.000000686. The molecule has 0 amide bonds. The molecule has 96 valence electrons. The maximum atomic E-state index is 3.53. The van der Waals surface area contributed by atoms with E-state index in [9.17, 15) is 0 Å². The van der Waals surface area contributed by atoms with E-state index in [0.29, 0.717) is 6.04 Å². The van der Waals surface area contributed by atoms with E-state index in [4.69, 9.17) is 0 Å². The second-order valence-corrected chi connectivity index (χ2v) is 4.56. The van der Waals surface area contributed by atoms with Crippen LogP contribution in [-0.4, -0.2) is 26.7 Å². The quantitative estimate of drug-likeness (QED) is 0.864. The molecule has 1 fully saturated rings. The monoisotopic (exact) mass is 234 g/mol. The zero-order valence-electron chi connectivity index (χ0n) is 11.7. The number of benzene rings is 1. The van der Waals surface area contributed by atoms with Crippen molar-refractivity contribution in [2.45, 2.75) is 39.2 Å². The van der Waals surface area contributed by atoms with Gasteiger partial charge in [0.15, 0.2) is 0 Å². The summed E-state index contributed by atoms with van der Waals surface area (Å²) in [5.41, 5.74) is 2.72. The van der Waals surface area contributed by atoms with Crippen LogP contribution in [0.4, 0.5) is 5.69 Å². The van der Waals surface area contributed by atoms with Gasteiger partial charge in [-0.2, -0.15) is 0 Å². The molecule has 1 aliphatic heterocycles. The molecule has 2 heteroatoms. The number of anilines is 1. The summed E-state index contributed by atoms with van der Waals surface area (Å²) in [6.07, 6.45) is 3.84. The third kappa shape index (κ3) is 4.39.